The highest BCUT2D eigenvalue weighted by Gasteiger charge is 2.32. The number of methoxy groups -OCH3 is 1. The molecule has 0 aromatic heterocycles. The Morgan fingerprint density at radius 1 is 1.00 bits per heavy atom. The van der Waals surface area contributed by atoms with E-state index in [1.165, 1.54) is 7.11 Å². The van der Waals surface area contributed by atoms with Crippen LogP contribution in [-0.2, 0) is 20.9 Å². The first kappa shape index (κ1) is 20.4. The van der Waals surface area contributed by atoms with Crippen LogP contribution in [0.2, 0.25) is 10.0 Å². The third-order valence-electron chi connectivity index (χ3n) is 5.67. The maximum absolute atomic E-state index is 12.8. The quantitative estimate of drug-likeness (QED) is 0.708. The lowest BCUT2D eigenvalue weighted by molar-refractivity contribution is -0.150. The molecule has 0 spiro atoms. The number of ether oxygens (including phenoxy) is 1. The number of esters is 1. The molecule has 0 unspecified atom stereocenters. The Hall–Kier alpha value is -1.30. The fraction of sp³-hybridized carbons (Fsp3) is 0.600. The molecule has 1 aromatic rings. The van der Waals surface area contributed by atoms with Gasteiger partial charge in [-0.05, 0) is 56.5 Å². The Balaban J connectivity index is 1.45. The molecule has 2 aliphatic rings. The number of hydrogen-bond donors (Lipinski definition) is 0. The summed E-state index contributed by atoms with van der Waals surface area (Å²) in [5.41, 5.74) is 1.14. The van der Waals surface area contributed by atoms with Gasteiger partial charge in [-0.25, -0.2) is 0 Å². The predicted molar refractivity (Wildman–Crippen MR) is 106 cm³/mol. The number of carbonyl (C=O) groups is 2. The van der Waals surface area contributed by atoms with Crippen molar-refractivity contribution in [3.8, 4) is 0 Å². The van der Waals surface area contributed by atoms with Crippen LogP contribution in [0.25, 0.3) is 0 Å². The number of carbonyl (C=O) groups excluding carboxylic acids is 2. The van der Waals surface area contributed by atoms with Crippen molar-refractivity contribution < 1.29 is 14.3 Å². The minimum absolute atomic E-state index is 0.0629. The first-order valence-electron chi connectivity index (χ1n) is 9.51. The van der Waals surface area contributed by atoms with E-state index in [1.807, 2.05) is 23.1 Å². The molecule has 2 aliphatic heterocycles. The second-order valence-corrected chi connectivity index (χ2v) is 8.24. The van der Waals surface area contributed by atoms with E-state index in [0.29, 0.717) is 36.0 Å². The van der Waals surface area contributed by atoms with Crippen molar-refractivity contribution in [2.45, 2.75) is 32.2 Å². The molecule has 0 bridgehead atoms. The molecule has 2 fully saturated rings. The minimum atomic E-state index is -0.155. The summed E-state index contributed by atoms with van der Waals surface area (Å²) in [4.78, 5) is 28.7. The summed E-state index contributed by atoms with van der Waals surface area (Å²) in [6.45, 7) is 3.93. The van der Waals surface area contributed by atoms with Crippen molar-refractivity contribution in [1.29, 1.82) is 0 Å². The Kier molecular flexibility index (Phi) is 7.01. The van der Waals surface area contributed by atoms with Crippen LogP contribution in [0.4, 0.5) is 0 Å². The lowest BCUT2D eigenvalue weighted by Crippen LogP contribution is -2.46. The molecule has 3 rings (SSSR count). The summed E-state index contributed by atoms with van der Waals surface area (Å²) in [6.07, 6.45) is 3.15. The van der Waals surface area contributed by atoms with Gasteiger partial charge in [0.2, 0.25) is 5.91 Å². The third kappa shape index (κ3) is 5.15. The molecule has 0 aliphatic carbocycles. The molecule has 2 saturated heterocycles. The number of rotatable bonds is 4. The molecule has 1 aromatic carbocycles. The number of hydrogen-bond acceptors (Lipinski definition) is 4. The summed E-state index contributed by atoms with van der Waals surface area (Å²) in [7, 11) is 1.42. The fourth-order valence-corrected chi connectivity index (χ4v) is 4.32. The van der Waals surface area contributed by atoms with Gasteiger partial charge >= 0.3 is 5.97 Å². The lowest BCUT2D eigenvalue weighted by atomic mass is 9.92. The van der Waals surface area contributed by atoms with Crippen LogP contribution in [0, 0.1) is 11.8 Å². The van der Waals surface area contributed by atoms with Crippen molar-refractivity contribution in [3.63, 3.8) is 0 Å². The van der Waals surface area contributed by atoms with Gasteiger partial charge in [0, 0.05) is 25.6 Å². The van der Waals surface area contributed by atoms with Crippen LogP contribution >= 0.6 is 23.2 Å². The first-order valence-corrected chi connectivity index (χ1v) is 10.3. The van der Waals surface area contributed by atoms with Crippen molar-refractivity contribution in [1.82, 2.24) is 9.80 Å². The van der Waals surface area contributed by atoms with Gasteiger partial charge in [0.15, 0.2) is 0 Å². The zero-order valence-corrected chi connectivity index (χ0v) is 17.1. The number of piperidine rings is 2. The summed E-state index contributed by atoms with van der Waals surface area (Å²) in [5.74, 6) is 0.113. The van der Waals surface area contributed by atoms with Gasteiger partial charge in [-0.1, -0.05) is 29.3 Å². The van der Waals surface area contributed by atoms with Crippen molar-refractivity contribution in [2.75, 3.05) is 33.3 Å². The van der Waals surface area contributed by atoms with Gasteiger partial charge in [-0.15, -0.1) is 0 Å². The highest BCUT2D eigenvalue weighted by atomic mass is 35.5. The number of nitrogens with zero attached hydrogens (tertiary/aromatic N) is 2. The standard InChI is InChI=1S/C20H26Cl2N2O3/c1-27-20(26)16-6-10-24(11-7-16)19(25)15-4-8-23(9-5-15)13-14-2-3-17(21)18(22)12-14/h2-3,12,15-16H,4-11,13H2,1H3. The number of benzene rings is 1. The van der Waals surface area contributed by atoms with Gasteiger partial charge in [-0.3, -0.25) is 14.5 Å². The Morgan fingerprint density at radius 3 is 2.22 bits per heavy atom. The van der Waals surface area contributed by atoms with E-state index in [2.05, 4.69) is 4.90 Å². The molecule has 0 radical (unpaired) electrons. The summed E-state index contributed by atoms with van der Waals surface area (Å²) < 4.78 is 4.81. The smallest absolute Gasteiger partial charge is 0.308 e. The highest BCUT2D eigenvalue weighted by molar-refractivity contribution is 6.42. The van der Waals surface area contributed by atoms with Crippen LogP contribution in [0.5, 0.6) is 0 Å². The molecule has 0 N–H and O–H groups in total. The van der Waals surface area contributed by atoms with Gasteiger partial charge in [0.1, 0.15) is 0 Å². The summed E-state index contributed by atoms with van der Waals surface area (Å²) in [6, 6.07) is 5.73. The van der Waals surface area contributed by atoms with E-state index >= 15 is 0 Å². The normalized spacial score (nSPS) is 19.9. The van der Waals surface area contributed by atoms with Crippen LogP contribution in [0.1, 0.15) is 31.2 Å². The number of halogens is 2. The Bertz CT molecular complexity index is 682. The van der Waals surface area contributed by atoms with E-state index in [1.54, 1.807) is 0 Å². The topological polar surface area (TPSA) is 49.9 Å². The van der Waals surface area contributed by atoms with Crippen LogP contribution in [0.3, 0.4) is 0 Å². The molecule has 1 amide bonds. The molecular formula is C20H26Cl2N2O3. The number of likely N-dealkylation sites (tertiary alicyclic amines) is 2. The van der Waals surface area contributed by atoms with Gasteiger partial charge in [0.25, 0.3) is 0 Å². The van der Waals surface area contributed by atoms with E-state index in [9.17, 15) is 9.59 Å². The summed E-state index contributed by atoms with van der Waals surface area (Å²) >= 11 is 12.1. The summed E-state index contributed by atoms with van der Waals surface area (Å²) in [5, 5.41) is 1.15. The van der Waals surface area contributed by atoms with E-state index in [0.717, 1.165) is 38.0 Å². The third-order valence-corrected chi connectivity index (χ3v) is 6.41. The van der Waals surface area contributed by atoms with Crippen LogP contribution in [0.15, 0.2) is 18.2 Å². The first-order chi connectivity index (χ1) is 13.0. The molecule has 148 valence electrons. The Labute approximate surface area is 170 Å². The number of amides is 1. The average molecular weight is 413 g/mol. The van der Waals surface area contributed by atoms with Gasteiger partial charge in [-0.2, -0.15) is 0 Å². The molecule has 5 nitrogen and oxygen atoms in total. The zero-order valence-electron chi connectivity index (χ0n) is 15.6. The van der Waals surface area contributed by atoms with E-state index in [-0.39, 0.29) is 23.7 Å². The van der Waals surface area contributed by atoms with Crippen LogP contribution in [-0.4, -0.2) is 55.0 Å². The van der Waals surface area contributed by atoms with Gasteiger partial charge in [0.05, 0.1) is 23.1 Å². The van der Waals surface area contributed by atoms with Crippen molar-refractivity contribution in [3.05, 3.63) is 33.8 Å². The van der Waals surface area contributed by atoms with Crippen molar-refractivity contribution >= 4 is 35.1 Å². The molecular weight excluding hydrogens is 387 g/mol. The maximum atomic E-state index is 12.8. The average Bonchev–Trinajstić information content (AvgIpc) is 2.70. The fourth-order valence-electron chi connectivity index (χ4n) is 3.99. The Morgan fingerprint density at radius 2 is 1.63 bits per heavy atom. The minimum Gasteiger partial charge on any atom is -0.469 e. The van der Waals surface area contributed by atoms with E-state index < -0.39 is 0 Å². The second kappa shape index (κ2) is 9.26. The molecule has 7 heteroatoms. The van der Waals surface area contributed by atoms with Crippen molar-refractivity contribution in [2.24, 2.45) is 11.8 Å². The second-order valence-electron chi connectivity index (χ2n) is 7.42. The molecule has 0 saturated carbocycles. The lowest BCUT2D eigenvalue weighted by Gasteiger charge is -2.36. The molecule has 2 heterocycles. The monoisotopic (exact) mass is 412 g/mol. The maximum Gasteiger partial charge on any atom is 0.308 e. The SMILES string of the molecule is COC(=O)C1CCN(C(=O)C2CCN(Cc3ccc(Cl)c(Cl)c3)CC2)CC1. The van der Waals surface area contributed by atoms with E-state index in [4.69, 9.17) is 27.9 Å². The largest absolute Gasteiger partial charge is 0.469 e. The highest BCUT2D eigenvalue weighted by Crippen LogP contribution is 2.27. The van der Waals surface area contributed by atoms with Crippen LogP contribution < -0.4 is 0 Å². The predicted octanol–water partition coefficient (Wildman–Crippen LogP) is 3.62. The van der Waals surface area contributed by atoms with Gasteiger partial charge < -0.3 is 9.64 Å². The molecule has 0 atom stereocenters. The zero-order chi connectivity index (χ0) is 19.4. The molecule has 27 heavy (non-hydrogen) atoms.